The third-order valence-corrected chi connectivity index (χ3v) is 4.62. The maximum Gasteiger partial charge on any atom is 0.410 e. The molecular weight excluding hydrogens is 368 g/mol. The molecular formula is C22H30N4O3. The number of hydrogen-bond donors (Lipinski definition) is 1. The van der Waals surface area contributed by atoms with Gasteiger partial charge in [-0.3, -0.25) is 4.79 Å². The lowest BCUT2D eigenvalue weighted by Gasteiger charge is -2.35. The van der Waals surface area contributed by atoms with Crippen molar-refractivity contribution in [1.82, 2.24) is 9.80 Å². The quantitative estimate of drug-likeness (QED) is 0.620. The number of hydrogen-bond acceptors (Lipinski definition) is 5. The van der Waals surface area contributed by atoms with E-state index in [0.29, 0.717) is 26.2 Å². The predicted molar refractivity (Wildman–Crippen MR) is 112 cm³/mol. The van der Waals surface area contributed by atoms with Gasteiger partial charge in [-0.1, -0.05) is 25.1 Å². The van der Waals surface area contributed by atoms with Gasteiger partial charge in [0.15, 0.2) is 0 Å². The maximum atomic E-state index is 12.7. The fourth-order valence-corrected chi connectivity index (χ4v) is 3.06. The summed E-state index contributed by atoms with van der Waals surface area (Å²) in [5.41, 5.74) is 2.26. The van der Waals surface area contributed by atoms with E-state index in [1.807, 2.05) is 63.8 Å². The number of anilines is 1. The SMILES string of the molecule is CCc1cccc(C)c1NC(=O)/C(C#N)=C\N1CCN(C(=O)OC(C)(C)C)CC1. The largest absolute Gasteiger partial charge is 0.444 e. The highest BCUT2D eigenvalue weighted by molar-refractivity contribution is 6.07. The zero-order chi connectivity index (χ0) is 21.6. The molecule has 1 aliphatic heterocycles. The minimum atomic E-state index is -0.535. The Kier molecular flexibility index (Phi) is 7.27. The summed E-state index contributed by atoms with van der Waals surface area (Å²) >= 11 is 0. The second kappa shape index (κ2) is 9.46. The Morgan fingerprint density at radius 2 is 1.90 bits per heavy atom. The first-order valence-electron chi connectivity index (χ1n) is 9.88. The highest BCUT2D eigenvalue weighted by Gasteiger charge is 2.25. The van der Waals surface area contributed by atoms with Gasteiger partial charge in [0.25, 0.3) is 5.91 Å². The number of nitriles is 1. The Morgan fingerprint density at radius 3 is 2.45 bits per heavy atom. The number of benzene rings is 1. The molecule has 1 saturated heterocycles. The molecule has 0 atom stereocenters. The third-order valence-electron chi connectivity index (χ3n) is 4.62. The highest BCUT2D eigenvalue weighted by Crippen LogP contribution is 2.22. The second-order valence-electron chi connectivity index (χ2n) is 8.07. The fourth-order valence-electron chi connectivity index (χ4n) is 3.06. The molecule has 0 radical (unpaired) electrons. The van der Waals surface area contributed by atoms with Crippen molar-refractivity contribution >= 4 is 17.7 Å². The molecule has 1 aromatic carbocycles. The van der Waals surface area contributed by atoms with Crippen LogP contribution in [0.1, 0.15) is 38.8 Å². The van der Waals surface area contributed by atoms with Gasteiger partial charge in [0.05, 0.1) is 0 Å². The molecule has 7 heteroatoms. The topological polar surface area (TPSA) is 85.7 Å². The van der Waals surface area contributed by atoms with Crippen LogP contribution in [-0.2, 0) is 16.0 Å². The van der Waals surface area contributed by atoms with Crippen LogP contribution < -0.4 is 5.32 Å². The molecule has 2 rings (SSSR count). The molecule has 2 amide bonds. The van der Waals surface area contributed by atoms with Crippen molar-refractivity contribution in [3.8, 4) is 6.07 Å². The zero-order valence-corrected chi connectivity index (χ0v) is 17.9. The number of nitrogens with one attached hydrogen (secondary N) is 1. The van der Waals surface area contributed by atoms with Crippen LogP contribution in [0.4, 0.5) is 10.5 Å². The highest BCUT2D eigenvalue weighted by atomic mass is 16.6. The van der Waals surface area contributed by atoms with Crippen LogP contribution >= 0.6 is 0 Å². The number of rotatable bonds is 4. The Morgan fingerprint density at radius 1 is 1.24 bits per heavy atom. The lowest BCUT2D eigenvalue weighted by atomic mass is 10.1. The number of ether oxygens (including phenoxy) is 1. The average Bonchev–Trinajstić information content (AvgIpc) is 2.66. The van der Waals surface area contributed by atoms with Crippen LogP contribution in [0, 0.1) is 18.3 Å². The predicted octanol–water partition coefficient (Wildman–Crippen LogP) is 3.46. The Bertz CT molecular complexity index is 825. The summed E-state index contributed by atoms with van der Waals surface area (Å²) in [7, 11) is 0. The summed E-state index contributed by atoms with van der Waals surface area (Å²) in [6, 6.07) is 7.84. The van der Waals surface area contributed by atoms with Gasteiger partial charge < -0.3 is 19.9 Å². The van der Waals surface area contributed by atoms with E-state index in [-0.39, 0.29) is 11.7 Å². The minimum Gasteiger partial charge on any atom is -0.444 e. The van der Waals surface area contributed by atoms with Gasteiger partial charge in [-0.25, -0.2) is 4.79 Å². The van der Waals surface area contributed by atoms with Crippen LogP contribution in [-0.4, -0.2) is 53.6 Å². The molecule has 0 saturated carbocycles. The first-order chi connectivity index (χ1) is 13.6. The van der Waals surface area contributed by atoms with Crippen molar-refractivity contribution < 1.29 is 14.3 Å². The molecule has 156 valence electrons. The second-order valence-corrected chi connectivity index (χ2v) is 8.07. The molecule has 29 heavy (non-hydrogen) atoms. The maximum absolute atomic E-state index is 12.7. The molecule has 1 heterocycles. The number of nitrogens with zero attached hydrogens (tertiary/aromatic N) is 3. The Balaban J connectivity index is 2.02. The molecule has 1 fully saturated rings. The van der Waals surface area contributed by atoms with Crippen LogP contribution in [0.15, 0.2) is 30.0 Å². The van der Waals surface area contributed by atoms with Crippen LogP contribution in [0.25, 0.3) is 0 Å². The Hall–Kier alpha value is -3.01. The van der Waals surface area contributed by atoms with E-state index in [4.69, 9.17) is 4.74 Å². The number of amides is 2. The van der Waals surface area contributed by atoms with Gasteiger partial charge in [0.2, 0.25) is 0 Å². The van der Waals surface area contributed by atoms with Crippen molar-refractivity contribution in [3.63, 3.8) is 0 Å². The van der Waals surface area contributed by atoms with Gasteiger partial charge in [-0.2, -0.15) is 5.26 Å². The Labute approximate surface area is 172 Å². The summed E-state index contributed by atoms with van der Waals surface area (Å²) in [4.78, 5) is 28.3. The normalized spacial score (nSPS) is 15.0. The summed E-state index contributed by atoms with van der Waals surface area (Å²) in [6.45, 7) is 11.5. The monoisotopic (exact) mass is 398 g/mol. The number of aryl methyl sites for hydroxylation is 2. The third kappa shape index (κ3) is 6.24. The van der Waals surface area contributed by atoms with Gasteiger partial charge in [-0.15, -0.1) is 0 Å². The average molecular weight is 399 g/mol. The van der Waals surface area contributed by atoms with Crippen LogP contribution in [0.3, 0.4) is 0 Å². The fraction of sp³-hybridized carbons (Fsp3) is 0.500. The standard InChI is InChI=1S/C22H30N4O3/c1-6-17-9-7-8-16(2)19(17)24-20(27)18(14-23)15-25-10-12-26(13-11-25)21(28)29-22(3,4)5/h7-9,15H,6,10-13H2,1-5H3,(H,24,27)/b18-15-. The van der Waals surface area contributed by atoms with Crippen LogP contribution in [0.2, 0.25) is 0 Å². The van der Waals surface area contributed by atoms with Gasteiger partial charge in [0.1, 0.15) is 17.2 Å². The summed E-state index contributed by atoms with van der Waals surface area (Å²) in [6.07, 6.45) is 2.02. The van der Waals surface area contributed by atoms with Crippen molar-refractivity contribution in [3.05, 3.63) is 41.1 Å². The zero-order valence-electron chi connectivity index (χ0n) is 17.9. The first-order valence-corrected chi connectivity index (χ1v) is 9.88. The number of carbonyl (C=O) groups is 2. The molecule has 7 nitrogen and oxygen atoms in total. The molecule has 0 spiro atoms. The number of carbonyl (C=O) groups excluding carboxylic acids is 2. The number of para-hydroxylation sites is 1. The van der Waals surface area contributed by atoms with Gasteiger partial charge in [-0.05, 0) is 45.2 Å². The van der Waals surface area contributed by atoms with Crippen molar-refractivity contribution in [1.29, 1.82) is 5.26 Å². The van der Waals surface area contributed by atoms with E-state index < -0.39 is 11.5 Å². The lowest BCUT2D eigenvalue weighted by Crippen LogP contribution is -2.48. The molecule has 0 unspecified atom stereocenters. The van der Waals surface area contributed by atoms with E-state index in [1.54, 1.807) is 11.1 Å². The van der Waals surface area contributed by atoms with E-state index in [0.717, 1.165) is 23.2 Å². The molecule has 1 aromatic rings. The summed E-state index contributed by atoms with van der Waals surface area (Å²) in [5, 5.41) is 12.4. The minimum absolute atomic E-state index is 0.0426. The smallest absolute Gasteiger partial charge is 0.410 e. The lowest BCUT2D eigenvalue weighted by molar-refractivity contribution is -0.112. The molecule has 1 aliphatic rings. The number of piperazine rings is 1. The van der Waals surface area contributed by atoms with E-state index in [1.165, 1.54) is 0 Å². The molecule has 0 bridgehead atoms. The molecule has 0 aromatic heterocycles. The van der Waals surface area contributed by atoms with E-state index in [2.05, 4.69) is 5.32 Å². The van der Waals surface area contributed by atoms with E-state index in [9.17, 15) is 14.9 Å². The van der Waals surface area contributed by atoms with Crippen molar-refractivity contribution in [2.24, 2.45) is 0 Å². The van der Waals surface area contributed by atoms with Crippen molar-refractivity contribution in [2.75, 3.05) is 31.5 Å². The van der Waals surface area contributed by atoms with Crippen LogP contribution in [0.5, 0.6) is 0 Å². The summed E-state index contributed by atoms with van der Waals surface area (Å²) in [5.74, 6) is -0.425. The van der Waals surface area contributed by atoms with Crippen molar-refractivity contribution in [2.45, 2.75) is 46.6 Å². The molecule has 1 N–H and O–H groups in total. The summed E-state index contributed by atoms with van der Waals surface area (Å²) < 4.78 is 5.39. The first kappa shape index (κ1) is 22.3. The van der Waals surface area contributed by atoms with Gasteiger partial charge >= 0.3 is 6.09 Å². The molecule has 0 aliphatic carbocycles. The van der Waals surface area contributed by atoms with E-state index >= 15 is 0 Å². The van der Waals surface area contributed by atoms with Gasteiger partial charge in [0, 0.05) is 38.1 Å².